The highest BCUT2D eigenvalue weighted by Crippen LogP contribution is 2.37. The van der Waals surface area contributed by atoms with Crippen molar-refractivity contribution in [3.63, 3.8) is 0 Å². The lowest BCUT2D eigenvalue weighted by Crippen LogP contribution is -2.48. The van der Waals surface area contributed by atoms with Gasteiger partial charge in [0.1, 0.15) is 6.17 Å². The third kappa shape index (κ3) is 5.89. The minimum absolute atomic E-state index is 0.166. The van der Waals surface area contributed by atoms with Gasteiger partial charge in [0.05, 0.1) is 0 Å². The highest BCUT2D eigenvalue weighted by Gasteiger charge is 2.32. The fraction of sp³-hybridized carbons (Fsp3) is 0.188. The number of halogens is 4. The van der Waals surface area contributed by atoms with Crippen LogP contribution in [0.4, 0.5) is 5.69 Å². The van der Waals surface area contributed by atoms with Gasteiger partial charge in [-0.15, -0.1) is 0 Å². The van der Waals surface area contributed by atoms with E-state index in [-0.39, 0.29) is 5.91 Å². The summed E-state index contributed by atoms with van der Waals surface area (Å²) in [4.78, 5) is 12.4. The van der Waals surface area contributed by atoms with E-state index in [1.54, 1.807) is 12.1 Å². The molecule has 0 spiro atoms. The molecule has 1 atom stereocenters. The van der Waals surface area contributed by atoms with E-state index in [0.29, 0.717) is 5.56 Å². The Morgan fingerprint density at radius 1 is 1.09 bits per heavy atom. The van der Waals surface area contributed by atoms with E-state index in [1.165, 1.54) is 0 Å². The summed E-state index contributed by atoms with van der Waals surface area (Å²) in [6.07, 6.45) is -0.439. The molecule has 3 nitrogen and oxygen atoms in total. The van der Waals surface area contributed by atoms with Gasteiger partial charge >= 0.3 is 0 Å². The predicted molar refractivity (Wildman–Crippen MR) is 110 cm³/mol. The maximum absolute atomic E-state index is 12.4. The zero-order valence-electron chi connectivity index (χ0n) is 12.1. The summed E-state index contributed by atoms with van der Waals surface area (Å²) in [6, 6.07) is 15.2. The number of benzene rings is 2. The van der Waals surface area contributed by atoms with Gasteiger partial charge in [-0.25, -0.2) is 0 Å². The van der Waals surface area contributed by atoms with Gasteiger partial charge in [-0.05, 0) is 37.3 Å². The lowest BCUT2D eigenvalue weighted by atomic mass is 10.1. The first-order chi connectivity index (χ1) is 10.8. The van der Waals surface area contributed by atoms with Gasteiger partial charge in [0.25, 0.3) is 5.91 Å². The van der Waals surface area contributed by atoms with Gasteiger partial charge < -0.3 is 10.6 Å². The summed E-state index contributed by atoms with van der Waals surface area (Å²) in [7, 11) is 0. The SMILES string of the molecule is Cc1ccc(C(=O)N[C@H](Nc2cccc(Br)c2)C(Br)(Br)Br)cc1. The molecule has 2 rings (SSSR count). The van der Waals surface area contributed by atoms with Crippen LogP contribution in [0.2, 0.25) is 0 Å². The van der Waals surface area contributed by atoms with Crippen LogP contribution in [0.5, 0.6) is 0 Å². The van der Waals surface area contributed by atoms with Crippen molar-refractivity contribution in [3.05, 3.63) is 64.1 Å². The number of rotatable bonds is 4. The van der Waals surface area contributed by atoms with E-state index in [4.69, 9.17) is 0 Å². The Morgan fingerprint density at radius 2 is 1.74 bits per heavy atom. The molecule has 122 valence electrons. The van der Waals surface area contributed by atoms with Crippen LogP contribution in [-0.4, -0.2) is 14.2 Å². The Kier molecular flexibility index (Phi) is 6.71. The molecular weight excluding hydrogens is 556 g/mol. The van der Waals surface area contributed by atoms with E-state index >= 15 is 0 Å². The maximum atomic E-state index is 12.4. The molecule has 0 heterocycles. The number of anilines is 1. The molecule has 0 bridgehead atoms. The van der Waals surface area contributed by atoms with Crippen molar-refractivity contribution in [1.29, 1.82) is 0 Å². The second-order valence-electron chi connectivity index (χ2n) is 4.97. The van der Waals surface area contributed by atoms with E-state index in [0.717, 1.165) is 15.7 Å². The molecule has 0 aliphatic rings. The zero-order chi connectivity index (χ0) is 17.0. The number of aryl methyl sites for hydroxylation is 1. The molecule has 0 radical (unpaired) electrons. The van der Waals surface area contributed by atoms with Crippen molar-refractivity contribution in [1.82, 2.24) is 5.32 Å². The Morgan fingerprint density at radius 3 is 2.30 bits per heavy atom. The zero-order valence-corrected chi connectivity index (χ0v) is 18.5. The van der Waals surface area contributed by atoms with Crippen molar-refractivity contribution in [2.75, 3.05) is 5.32 Å². The fourth-order valence-corrected chi connectivity index (χ4v) is 2.95. The Labute approximate surface area is 169 Å². The van der Waals surface area contributed by atoms with Crippen LogP contribution < -0.4 is 10.6 Å². The van der Waals surface area contributed by atoms with Crippen LogP contribution in [0.25, 0.3) is 0 Å². The molecular formula is C16H14Br4N2O. The lowest BCUT2D eigenvalue weighted by molar-refractivity contribution is 0.0943. The molecule has 1 amide bonds. The van der Waals surface area contributed by atoms with Crippen LogP contribution >= 0.6 is 63.7 Å². The molecule has 0 aliphatic heterocycles. The minimum Gasteiger partial charge on any atom is -0.363 e. The van der Waals surface area contributed by atoms with Crippen LogP contribution in [0.3, 0.4) is 0 Å². The first-order valence-corrected chi connectivity index (χ1v) is 9.89. The van der Waals surface area contributed by atoms with Gasteiger partial charge in [-0.2, -0.15) is 0 Å². The summed E-state index contributed by atoms with van der Waals surface area (Å²) in [5.41, 5.74) is 2.59. The normalized spacial score (nSPS) is 12.6. The smallest absolute Gasteiger partial charge is 0.252 e. The third-order valence-electron chi connectivity index (χ3n) is 3.05. The number of hydrogen-bond acceptors (Lipinski definition) is 2. The predicted octanol–water partition coefficient (Wildman–Crippen LogP) is 5.76. The average molecular weight is 570 g/mol. The second kappa shape index (κ2) is 8.14. The summed E-state index contributed by atoms with van der Waals surface area (Å²) in [5, 5.41) is 6.22. The monoisotopic (exact) mass is 566 g/mol. The summed E-state index contributed by atoms with van der Waals surface area (Å²) in [6.45, 7) is 1.99. The Hall–Kier alpha value is -0.370. The number of hydrogen-bond donors (Lipinski definition) is 2. The van der Waals surface area contributed by atoms with Crippen LogP contribution in [-0.2, 0) is 0 Å². The van der Waals surface area contributed by atoms with Crippen molar-refractivity contribution < 1.29 is 4.79 Å². The molecule has 2 N–H and O–H groups in total. The quantitative estimate of drug-likeness (QED) is 0.363. The molecule has 7 heteroatoms. The van der Waals surface area contributed by atoms with Gasteiger partial charge in [0.15, 0.2) is 2.14 Å². The summed E-state index contributed by atoms with van der Waals surface area (Å²) in [5.74, 6) is -0.166. The molecule has 0 saturated carbocycles. The number of carbonyl (C=O) groups excluding carboxylic acids is 1. The first kappa shape index (κ1) is 19.0. The van der Waals surface area contributed by atoms with Gasteiger partial charge in [-0.1, -0.05) is 87.5 Å². The topological polar surface area (TPSA) is 41.1 Å². The van der Waals surface area contributed by atoms with Crippen LogP contribution in [0, 0.1) is 6.92 Å². The maximum Gasteiger partial charge on any atom is 0.252 e. The van der Waals surface area contributed by atoms with Gasteiger partial charge in [0, 0.05) is 15.7 Å². The molecule has 0 aromatic heterocycles. The first-order valence-electron chi connectivity index (χ1n) is 6.72. The highest BCUT2D eigenvalue weighted by molar-refractivity contribution is 9.39. The minimum atomic E-state index is -0.699. The molecule has 0 fully saturated rings. The number of alkyl halides is 3. The molecule has 23 heavy (non-hydrogen) atoms. The van der Waals surface area contributed by atoms with Crippen molar-refractivity contribution in [2.45, 2.75) is 15.2 Å². The molecule has 0 saturated heterocycles. The summed E-state index contributed by atoms with van der Waals surface area (Å²) < 4.78 is 0.255. The van der Waals surface area contributed by atoms with Crippen molar-refractivity contribution in [2.24, 2.45) is 0 Å². The van der Waals surface area contributed by atoms with Crippen molar-refractivity contribution >= 4 is 75.3 Å². The Balaban J connectivity index is 2.16. The average Bonchev–Trinajstić information content (AvgIpc) is 2.46. The van der Waals surface area contributed by atoms with Crippen molar-refractivity contribution in [3.8, 4) is 0 Å². The van der Waals surface area contributed by atoms with E-state index in [2.05, 4.69) is 74.4 Å². The molecule has 2 aromatic rings. The second-order valence-corrected chi connectivity index (χ2v) is 12.8. The molecule has 2 aromatic carbocycles. The molecule has 0 unspecified atom stereocenters. The van der Waals surface area contributed by atoms with Crippen LogP contribution in [0.1, 0.15) is 15.9 Å². The Bertz CT molecular complexity index is 683. The molecule has 0 aliphatic carbocycles. The fourth-order valence-electron chi connectivity index (χ4n) is 1.86. The van der Waals surface area contributed by atoms with Gasteiger partial charge in [-0.3, -0.25) is 4.79 Å². The lowest BCUT2D eigenvalue weighted by Gasteiger charge is -2.28. The number of carbonyl (C=O) groups is 1. The van der Waals surface area contributed by atoms with E-state index in [9.17, 15) is 4.79 Å². The standard InChI is InChI=1S/C16H14Br4N2O/c1-10-5-7-11(8-6-10)14(23)22-15(16(18,19)20)21-13-4-2-3-12(17)9-13/h2-9,15,21H,1H3,(H,22,23)/t15-/m0/s1. The van der Waals surface area contributed by atoms with E-state index < -0.39 is 8.31 Å². The van der Waals surface area contributed by atoms with Crippen LogP contribution in [0.15, 0.2) is 53.0 Å². The van der Waals surface area contributed by atoms with E-state index in [1.807, 2.05) is 43.3 Å². The van der Waals surface area contributed by atoms with Gasteiger partial charge in [0.2, 0.25) is 0 Å². The number of amides is 1. The number of nitrogens with one attached hydrogen (secondary N) is 2. The summed E-state index contributed by atoms with van der Waals surface area (Å²) >= 11 is 13.9. The highest BCUT2D eigenvalue weighted by atomic mass is 80.0. The largest absolute Gasteiger partial charge is 0.363 e. The third-order valence-corrected chi connectivity index (χ3v) is 4.92.